The van der Waals surface area contributed by atoms with E-state index in [1.54, 1.807) is 40.8 Å². The van der Waals surface area contributed by atoms with Crippen LogP contribution in [0, 0.1) is 0 Å². The minimum atomic E-state index is -0.256. The highest BCUT2D eigenvalue weighted by molar-refractivity contribution is 5.78. The van der Waals surface area contributed by atoms with Gasteiger partial charge in [0.25, 0.3) is 5.56 Å². The summed E-state index contributed by atoms with van der Waals surface area (Å²) >= 11 is 0. The molecule has 21 heavy (non-hydrogen) atoms. The fourth-order valence-electron chi connectivity index (χ4n) is 2.31. The van der Waals surface area contributed by atoms with Crippen LogP contribution in [-0.2, 0) is 7.05 Å². The predicted octanol–water partition coefficient (Wildman–Crippen LogP) is 1.14. The Morgan fingerprint density at radius 1 is 1.29 bits per heavy atom. The lowest BCUT2D eigenvalue weighted by Gasteiger charge is -2.14. The number of ether oxygens (including phenoxy) is 1. The number of benzene rings is 1. The average Bonchev–Trinajstić information content (AvgIpc) is 2.93. The van der Waals surface area contributed by atoms with Gasteiger partial charge in [0.15, 0.2) is 5.82 Å². The van der Waals surface area contributed by atoms with Gasteiger partial charge in [-0.2, -0.15) is 0 Å². The van der Waals surface area contributed by atoms with E-state index in [4.69, 9.17) is 4.74 Å². The average molecular weight is 285 g/mol. The molecule has 0 spiro atoms. The maximum atomic E-state index is 12.7. The Kier molecular flexibility index (Phi) is 3.17. The molecule has 1 atom stereocenters. The van der Waals surface area contributed by atoms with Crippen molar-refractivity contribution in [2.75, 3.05) is 7.11 Å². The number of hydrogen-bond acceptors (Lipinski definition) is 5. The lowest BCUT2D eigenvalue weighted by Crippen LogP contribution is -2.26. The second-order valence-electron chi connectivity index (χ2n) is 4.82. The molecule has 2 aromatic heterocycles. The molecule has 0 N–H and O–H groups in total. The smallest absolute Gasteiger partial charge is 0.261 e. The van der Waals surface area contributed by atoms with E-state index in [1.807, 2.05) is 14.0 Å². The molecule has 0 aliphatic rings. The summed E-state index contributed by atoms with van der Waals surface area (Å²) in [5, 5.41) is 8.41. The quantitative estimate of drug-likeness (QED) is 0.721. The van der Waals surface area contributed by atoms with E-state index in [0.717, 1.165) is 0 Å². The van der Waals surface area contributed by atoms with Gasteiger partial charge >= 0.3 is 0 Å². The predicted molar refractivity (Wildman–Crippen MR) is 77.4 cm³/mol. The molecule has 7 heteroatoms. The molecule has 0 fully saturated rings. The molecular weight excluding hydrogens is 270 g/mol. The Morgan fingerprint density at radius 2 is 2.10 bits per heavy atom. The molecule has 2 heterocycles. The van der Waals surface area contributed by atoms with Crippen molar-refractivity contribution in [2.24, 2.45) is 7.05 Å². The summed E-state index contributed by atoms with van der Waals surface area (Å²) < 4.78 is 8.50. The highest BCUT2D eigenvalue weighted by atomic mass is 16.5. The van der Waals surface area contributed by atoms with Gasteiger partial charge in [0.1, 0.15) is 12.1 Å². The molecule has 0 saturated carbocycles. The summed E-state index contributed by atoms with van der Waals surface area (Å²) in [6.07, 6.45) is 3.14. The Hall–Kier alpha value is -2.70. The zero-order valence-electron chi connectivity index (χ0n) is 12.0. The van der Waals surface area contributed by atoms with E-state index in [9.17, 15) is 4.79 Å². The molecule has 0 aliphatic heterocycles. The number of aryl methyl sites for hydroxylation is 1. The molecule has 3 rings (SSSR count). The fourth-order valence-corrected chi connectivity index (χ4v) is 2.31. The van der Waals surface area contributed by atoms with Crippen LogP contribution in [0.2, 0.25) is 0 Å². The molecule has 0 radical (unpaired) electrons. The summed E-state index contributed by atoms with van der Waals surface area (Å²) in [6.45, 7) is 1.89. The van der Waals surface area contributed by atoms with E-state index in [0.29, 0.717) is 22.5 Å². The van der Waals surface area contributed by atoms with Gasteiger partial charge in [-0.3, -0.25) is 9.36 Å². The topological polar surface area (TPSA) is 74.8 Å². The van der Waals surface area contributed by atoms with Gasteiger partial charge in [0, 0.05) is 7.05 Å². The van der Waals surface area contributed by atoms with E-state index in [1.165, 1.54) is 6.33 Å². The van der Waals surface area contributed by atoms with Crippen LogP contribution >= 0.6 is 0 Å². The van der Waals surface area contributed by atoms with E-state index in [-0.39, 0.29) is 11.6 Å². The summed E-state index contributed by atoms with van der Waals surface area (Å²) in [5.74, 6) is 1.33. The maximum Gasteiger partial charge on any atom is 0.261 e. The minimum Gasteiger partial charge on any atom is -0.497 e. The summed E-state index contributed by atoms with van der Waals surface area (Å²) in [6, 6.07) is 5.00. The van der Waals surface area contributed by atoms with Crippen molar-refractivity contribution in [1.82, 2.24) is 24.3 Å². The monoisotopic (exact) mass is 285 g/mol. The number of fused-ring (bicyclic) bond motifs is 1. The SMILES string of the molecule is COc1ccc2ncn([C@H](C)c3nncn3C)c(=O)c2c1. The molecular formula is C14H15N5O2. The molecule has 0 amide bonds. The van der Waals surface area contributed by atoms with Crippen LogP contribution in [0.5, 0.6) is 5.75 Å². The largest absolute Gasteiger partial charge is 0.497 e. The highest BCUT2D eigenvalue weighted by Gasteiger charge is 2.16. The second kappa shape index (κ2) is 5.01. The van der Waals surface area contributed by atoms with Gasteiger partial charge < -0.3 is 9.30 Å². The fraction of sp³-hybridized carbons (Fsp3) is 0.286. The normalized spacial score (nSPS) is 12.5. The van der Waals surface area contributed by atoms with Crippen molar-refractivity contribution < 1.29 is 4.74 Å². The molecule has 3 aromatic rings. The molecule has 0 saturated heterocycles. The van der Waals surface area contributed by atoms with Gasteiger partial charge in [-0.25, -0.2) is 4.98 Å². The summed E-state index contributed by atoms with van der Waals surface area (Å²) in [4.78, 5) is 17.0. The highest BCUT2D eigenvalue weighted by Crippen LogP contribution is 2.18. The minimum absolute atomic E-state index is 0.130. The molecule has 1 aromatic carbocycles. The van der Waals surface area contributed by atoms with Gasteiger partial charge in [0.05, 0.1) is 30.4 Å². The van der Waals surface area contributed by atoms with Crippen molar-refractivity contribution in [3.63, 3.8) is 0 Å². The zero-order valence-corrected chi connectivity index (χ0v) is 12.0. The Morgan fingerprint density at radius 3 is 2.76 bits per heavy atom. The molecule has 0 unspecified atom stereocenters. The van der Waals surface area contributed by atoms with Gasteiger partial charge in [0.2, 0.25) is 0 Å². The van der Waals surface area contributed by atoms with Gasteiger partial charge in [-0.1, -0.05) is 0 Å². The van der Waals surface area contributed by atoms with Crippen LogP contribution in [0.4, 0.5) is 0 Å². The lowest BCUT2D eigenvalue weighted by molar-refractivity contribution is 0.415. The third-order valence-electron chi connectivity index (χ3n) is 3.53. The summed E-state index contributed by atoms with van der Waals surface area (Å²) in [5.41, 5.74) is 0.511. The second-order valence-corrected chi connectivity index (χ2v) is 4.82. The van der Waals surface area contributed by atoms with E-state index in [2.05, 4.69) is 15.2 Å². The molecule has 0 bridgehead atoms. The van der Waals surface area contributed by atoms with Gasteiger partial charge in [-0.05, 0) is 25.1 Å². The number of aromatic nitrogens is 5. The summed E-state index contributed by atoms with van der Waals surface area (Å²) in [7, 11) is 3.41. The van der Waals surface area contributed by atoms with Crippen LogP contribution < -0.4 is 10.3 Å². The van der Waals surface area contributed by atoms with Crippen LogP contribution in [0.15, 0.2) is 35.6 Å². The zero-order chi connectivity index (χ0) is 15.0. The van der Waals surface area contributed by atoms with E-state index >= 15 is 0 Å². The van der Waals surface area contributed by atoms with Crippen molar-refractivity contribution in [3.8, 4) is 5.75 Å². The van der Waals surface area contributed by atoms with Gasteiger partial charge in [-0.15, -0.1) is 10.2 Å². The van der Waals surface area contributed by atoms with Crippen LogP contribution in [0.25, 0.3) is 10.9 Å². The first kappa shape index (κ1) is 13.3. The molecule has 7 nitrogen and oxygen atoms in total. The number of rotatable bonds is 3. The standard InChI is InChI=1S/C14H15N5O2/c1-9(13-17-16-8-18(13)2)19-7-15-12-5-4-10(21-3)6-11(12)14(19)20/h4-9H,1-3H3/t9-/m1/s1. The Bertz CT molecular complexity index is 852. The van der Waals surface area contributed by atoms with Crippen LogP contribution in [0.1, 0.15) is 18.8 Å². The molecule has 108 valence electrons. The van der Waals surface area contributed by atoms with Crippen molar-refractivity contribution in [3.05, 3.63) is 47.0 Å². The third kappa shape index (κ3) is 2.16. The Balaban J connectivity index is 2.18. The Labute approximate surface area is 120 Å². The maximum absolute atomic E-state index is 12.7. The first-order valence-corrected chi connectivity index (χ1v) is 6.50. The van der Waals surface area contributed by atoms with Crippen molar-refractivity contribution in [1.29, 1.82) is 0 Å². The first-order valence-electron chi connectivity index (χ1n) is 6.50. The van der Waals surface area contributed by atoms with Crippen LogP contribution in [-0.4, -0.2) is 31.4 Å². The van der Waals surface area contributed by atoms with E-state index < -0.39 is 0 Å². The number of methoxy groups -OCH3 is 1. The first-order chi connectivity index (χ1) is 10.1. The van der Waals surface area contributed by atoms with Crippen molar-refractivity contribution >= 4 is 10.9 Å². The van der Waals surface area contributed by atoms with Crippen molar-refractivity contribution in [2.45, 2.75) is 13.0 Å². The number of hydrogen-bond donors (Lipinski definition) is 0. The number of nitrogens with zero attached hydrogens (tertiary/aromatic N) is 5. The third-order valence-corrected chi connectivity index (χ3v) is 3.53. The lowest BCUT2D eigenvalue weighted by atomic mass is 10.2. The van der Waals surface area contributed by atoms with Crippen LogP contribution in [0.3, 0.4) is 0 Å². The molecule has 0 aliphatic carbocycles.